The van der Waals surface area contributed by atoms with E-state index in [-0.39, 0.29) is 0 Å². The normalized spacial score (nSPS) is 20.3. The summed E-state index contributed by atoms with van der Waals surface area (Å²) in [5.74, 6) is 0. The molecule has 2 atom stereocenters. The highest BCUT2D eigenvalue weighted by Gasteiger charge is 2.41. The number of fused-ring (bicyclic) bond motifs is 3. The largest absolute Gasteiger partial charge is 0.341 e. The topological polar surface area (TPSA) is 13.8 Å². The van der Waals surface area contributed by atoms with Crippen LogP contribution in [0.5, 0.6) is 0 Å². The van der Waals surface area contributed by atoms with E-state index in [2.05, 4.69) is 115 Å². The first-order valence-electron chi connectivity index (χ1n) is 12.6. The van der Waals surface area contributed by atoms with Crippen LogP contribution in [0, 0.1) is 0 Å². The minimum Gasteiger partial charge on any atom is -0.341 e. The Morgan fingerprint density at radius 1 is 0.647 bits per heavy atom. The average Bonchev–Trinajstić information content (AvgIpc) is 3.43. The Kier molecular flexibility index (Phi) is 5.66. The molecule has 0 bridgehead atoms. The molecule has 0 aliphatic carbocycles. The van der Waals surface area contributed by atoms with E-state index in [4.69, 9.17) is 0 Å². The second kappa shape index (κ2) is 9.09. The summed E-state index contributed by atoms with van der Waals surface area (Å²) < 4.78 is 2.45. The van der Waals surface area contributed by atoms with Crippen molar-refractivity contribution in [3.05, 3.63) is 120 Å². The molecule has 34 heavy (non-hydrogen) atoms. The van der Waals surface area contributed by atoms with Crippen LogP contribution < -0.4 is 9.80 Å². The van der Waals surface area contributed by atoms with Gasteiger partial charge in [-0.05, 0) is 31.2 Å². The van der Waals surface area contributed by atoms with Crippen molar-refractivity contribution in [2.24, 2.45) is 0 Å². The number of aromatic nitrogens is 1. The first-order chi connectivity index (χ1) is 16.8. The summed E-state index contributed by atoms with van der Waals surface area (Å²) in [6.45, 7) is 7.75. The van der Waals surface area contributed by atoms with Gasteiger partial charge in [-0.3, -0.25) is 9.80 Å². The summed E-state index contributed by atoms with van der Waals surface area (Å²) in [7, 11) is 0. The van der Waals surface area contributed by atoms with Crippen LogP contribution in [-0.2, 0) is 19.6 Å². The fourth-order valence-electron chi connectivity index (χ4n) is 6.06. The number of aryl methyl sites for hydroxylation is 1. The molecule has 1 aromatic heterocycles. The number of hydrogen-bond donors (Lipinski definition) is 2. The van der Waals surface area contributed by atoms with Gasteiger partial charge in [0.05, 0.1) is 5.56 Å². The van der Waals surface area contributed by atoms with Crippen molar-refractivity contribution < 1.29 is 9.80 Å². The molecule has 170 valence electrons. The predicted molar refractivity (Wildman–Crippen MR) is 140 cm³/mol. The minimum absolute atomic E-state index is 0.425. The number of nitrogens with zero attached hydrogens (tertiary/aromatic N) is 1. The maximum atomic E-state index is 2.50. The Morgan fingerprint density at radius 3 is 1.82 bits per heavy atom. The highest BCUT2D eigenvalue weighted by molar-refractivity contribution is 6.08. The van der Waals surface area contributed by atoms with E-state index in [0.29, 0.717) is 6.17 Å². The first-order valence-corrected chi connectivity index (χ1v) is 12.6. The number of quaternary nitrogens is 2. The molecule has 3 nitrogen and oxygen atoms in total. The highest BCUT2D eigenvalue weighted by Crippen LogP contribution is 2.30. The van der Waals surface area contributed by atoms with Crippen LogP contribution in [0.25, 0.3) is 21.8 Å². The summed E-state index contributed by atoms with van der Waals surface area (Å²) in [4.78, 5) is 3.33. The molecule has 1 fully saturated rings. The summed E-state index contributed by atoms with van der Waals surface area (Å²) in [6, 6.07) is 38.1. The third kappa shape index (κ3) is 3.81. The summed E-state index contributed by atoms with van der Waals surface area (Å²) in [5, 5.41) is 2.76. The van der Waals surface area contributed by atoms with Crippen molar-refractivity contribution in [3.63, 3.8) is 0 Å². The second-order valence-corrected chi connectivity index (χ2v) is 9.61. The Morgan fingerprint density at radius 2 is 1.21 bits per heavy atom. The van der Waals surface area contributed by atoms with Gasteiger partial charge >= 0.3 is 0 Å². The zero-order chi connectivity index (χ0) is 22.9. The molecule has 0 amide bonds. The maximum absolute atomic E-state index is 2.50. The number of nitrogens with one attached hydrogen (secondary N) is 2. The highest BCUT2D eigenvalue weighted by atomic mass is 15.4. The smallest absolute Gasteiger partial charge is 0.241 e. The lowest BCUT2D eigenvalue weighted by atomic mass is 10.1. The number of hydrogen-bond acceptors (Lipinski definition) is 0. The van der Waals surface area contributed by atoms with E-state index in [0.717, 1.165) is 19.6 Å². The third-order valence-corrected chi connectivity index (χ3v) is 7.58. The third-order valence-electron chi connectivity index (χ3n) is 7.58. The van der Waals surface area contributed by atoms with E-state index >= 15 is 0 Å². The van der Waals surface area contributed by atoms with Crippen LogP contribution in [0.4, 0.5) is 0 Å². The van der Waals surface area contributed by atoms with Gasteiger partial charge in [-0.2, -0.15) is 0 Å². The van der Waals surface area contributed by atoms with Crippen molar-refractivity contribution in [2.45, 2.75) is 32.7 Å². The van der Waals surface area contributed by atoms with Crippen molar-refractivity contribution in [1.82, 2.24) is 4.57 Å². The van der Waals surface area contributed by atoms with Crippen molar-refractivity contribution >= 4 is 21.8 Å². The fraction of sp³-hybridized carbons (Fsp3) is 0.226. The number of benzene rings is 4. The molecule has 3 heteroatoms. The van der Waals surface area contributed by atoms with Gasteiger partial charge < -0.3 is 4.57 Å². The zero-order valence-corrected chi connectivity index (χ0v) is 19.9. The fourth-order valence-corrected chi connectivity index (χ4v) is 6.06. The quantitative estimate of drug-likeness (QED) is 0.391. The number of para-hydroxylation sites is 1. The van der Waals surface area contributed by atoms with Gasteiger partial charge in [-0.15, -0.1) is 0 Å². The summed E-state index contributed by atoms with van der Waals surface area (Å²) in [5.41, 5.74) is 6.99. The monoisotopic (exact) mass is 447 g/mol. The molecule has 1 saturated heterocycles. The molecule has 2 unspecified atom stereocenters. The predicted octanol–water partition coefficient (Wildman–Crippen LogP) is 4.00. The van der Waals surface area contributed by atoms with Crippen LogP contribution in [0.2, 0.25) is 0 Å². The molecule has 6 rings (SSSR count). The van der Waals surface area contributed by atoms with Gasteiger partial charge in [0, 0.05) is 39.5 Å². The molecule has 2 heterocycles. The molecule has 1 aliphatic heterocycles. The van der Waals surface area contributed by atoms with Gasteiger partial charge in [-0.25, -0.2) is 0 Å². The van der Waals surface area contributed by atoms with Crippen molar-refractivity contribution in [2.75, 3.05) is 13.1 Å². The summed E-state index contributed by atoms with van der Waals surface area (Å²) >= 11 is 0. The standard InChI is InChI=1S/C31H31N3/c1-2-34-29-16-10-9-15-27(29)28-21-26(17-18-30(28)34)31-32(22-24-11-5-3-6-12-24)19-20-33(31)23-25-13-7-4-8-14-25/h3-18,21,31H,2,19-20,22-23H2,1H3/p+2. The zero-order valence-electron chi connectivity index (χ0n) is 19.9. The molecule has 0 spiro atoms. The van der Waals surface area contributed by atoms with E-state index in [1.165, 1.54) is 51.6 Å². The molecule has 5 aromatic rings. The van der Waals surface area contributed by atoms with E-state index < -0.39 is 0 Å². The number of rotatable bonds is 6. The van der Waals surface area contributed by atoms with Crippen molar-refractivity contribution in [1.29, 1.82) is 0 Å². The molecule has 0 radical (unpaired) electrons. The van der Waals surface area contributed by atoms with Crippen LogP contribution in [0.1, 0.15) is 29.8 Å². The van der Waals surface area contributed by atoms with Crippen LogP contribution in [0.15, 0.2) is 103 Å². The van der Waals surface area contributed by atoms with Crippen LogP contribution >= 0.6 is 0 Å². The van der Waals surface area contributed by atoms with E-state index in [1.54, 1.807) is 9.80 Å². The van der Waals surface area contributed by atoms with Gasteiger partial charge in [0.1, 0.15) is 26.2 Å². The second-order valence-electron chi connectivity index (χ2n) is 9.61. The van der Waals surface area contributed by atoms with Gasteiger partial charge in [0.25, 0.3) is 0 Å². The van der Waals surface area contributed by atoms with Gasteiger partial charge in [-0.1, -0.05) is 78.9 Å². The molecular weight excluding hydrogens is 414 g/mol. The molecular formula is C31H33N3+2. The van der Waals surface area contributed by atoms with E-state index in [9.17, 15) is 0 Å². The Hall–Kier alpha value is -3.40. The Bertz CT molecular complexity index is 1360. The Balaban J connectivity index is 1.43. The Labute approximate surface area is 201 Å². The SMILES string of the molecule is CCn1c2ccccc2c2cc(C3[NH+](Cc4ccccc4)CC[NH+]3Cc3ccccc3)ccc21. The molecule has 0 saturated carbocycles. The lowest BCUT2D eigenvalue weighted by Crippen LogP contribution is -3.22. The first kappa shape index (κ1) is 21.2. The van der Waals surface area contributed by atoms with Crippen LogP contribution in [0.3, 0.4) is 0 Å². The molecule has 2 N–H and O–H groups in total. The van der Waals surface area contributed by atoms with Crippen molar-refractivity contribution in [3.8, 4) is 0 Å². The minimum atomic E-state index is 0.425. The lowest BCUT2D eigenvalue weighted by molar-refractivity contribution is -1.09. The van der Waals surface area contributed by atoms with Gasteiger partial charge in [0.15, 0.2) is 0 Å². The van der Waals surface area contributed by atoms with E-state index in [1.807, 2.05) is 0 Å². The summed E-state index contributed by atoms with van der Waals surface area (Å²) in [6.07, 6.45) is 0.425. The average molecular weight is 448 g/mol. The maximum Gasteiger partial charge on any atom is 0.241 e. The van der Waals surface area contributed by atoms with Gasteiger partial charge in [0.2, 0.25) is 6.17 Å². The van der Waals surface area contributed by atoms with Crippen LogP contribution in [-0.4, -0.2) is 17.7 Å². The molecule has 4 aromatic carbocycles. The lowest BCUT2D eigenvalue weighted by Gasteiger charge is -2.25. The molecule has 1 aliphatic rings.